The standard InChI is InChI=1S/C20H29N3O2/c1-5-22-6-8-23(9-7-22)20(25)17-12-16(17)19(24)21-18-14(3)10-13(2)11-15(18)4/h10-11,16-17H,5-9,12H2,1-4H3,(H,21,24). The van der Waals surface area contributed by atoms with E-state index in [1.54, 1.807) is 0 Å². The Morgan fingerprint density at radius 3 is 2.20 bits per heavy atom. The molecule has 1 aliphatic heterocycles. The quantitative estimate of drug-likeness (QED) is 0.913. The van der Waals surface area contributed by atoms with Crippen LogP contribution in [0.1, 0.15) is 30.0 Å². The number of likely N-dealkylation sites (N-methyl/N-ethyl adjacent to an activating group) is 1. The Labute approximate surface area is 150 Å². The minimum absolute atomic E-state index is 0.0133. The number of hydrogen-bond donors (Lipinski definition) is 1. The van der Waals surface area contributed by atoms with Crippen molar-refractivity contribution in [1.82, 2.24) is 9.80 Å². The molecule has 25 heavy (non-hydrogen) atoms. The lowest BCUT2D eigenvalue weighted by Gasteiger charge is -2.34. The van der Waals surface area contributed by atoms with E-state index in [1.807, 2.05) is 18.7 Å². The molecule has 2 atom stereocenters. The summed E-state index contributed by atoms with van der Waals surface area (Å²) in [4.78, 5) is 29.5. The van der Waals surface area contributed by atoms with Gasteiger partial charge in [-0.15, -0.1) is 0 Å². The van der Waals surface area contributed by atoms with E-state index in [4.69, 9.17) is 0 Å². The number of hydrogen-bond acceptors (Lipinski definition) is 3. The Kier molecular flexibility index (Phi) is 5.13. The second-order valence-electron chi connectivity index (χ2n) is 7.47. The summed E-state index contributed by atoms with van der Waals surface area (Å²) < 4.78 is 0. The molecule has 2 amide bonds. The van der Waals surface area contributed by atoms with Gasteiger partial charge >= 0.3 is 0 Å². The van der Waals surface area contributed by atoms with Gasteiger partial charge in [0.1, 0.15) is 0 Å². The highest BCUT2D eigenvalue weighted by atomic mass is 16.2. The van der Waals surface area contributed by atoms with E-state index in [0.717, 1.165) is 49.5 Å². The number of piperazine rings is 1. The van der Waals surface area contributed by atoms with Gasteiger partial charge in [0.25, 0.3) is 0 Å². The number of carbonyl (C=O) groups is 2. The van der Waals surface area contributed by atoms with Crippen LogP contribution in [-0.4, -0.2) is 54.3 Å². The zero-order valence-corrected chi connectivity index (χ0v) is 15.8. The zero-order valence-electron chi connectivity index (χ0n) is 15.8. The van der Waals surface area contributed by atoms with Gasteiger partial charge in [-0.05, 0) is 44.9 Å². The fourth-order valence-corrected chi connectivity index (χ4v) is 3.87. The first-order valence-electron chi connectivity index (χ1n) is 9.30. The van der Waals surface area contributed by atoms with E-state index in [0.29, 0.717) is 6.42 Å². The molecule has 1 N–H and O–H groups in total. The maximum Gasteiger partial charge on any atom is 0.228 e. The second-order valence-corrected chi connectivity index (χ2v) is 7.47. The highest BCUT2D eigenvalue weighted by molar-refractivity contribution is 6.00. The molecule has 136 valence electrons. The van der Waals surface area contributed by atoms with Crippen molar-refractivity contribution in [1.29, 1.82) is 0 Å². The first-order valence-corrected chi connectivity index (χ1v) is 9.30. The van der Waals surface area contributed by atoms with Crippen LogP contribution in [0.3, 0.4) is 0 Å². The molecule has 2 fully saturated rings. The van der Waals surface area contributed by atoms with E-state index in [9.17, 15) is 9.59 Å². The average molecular weight is 343 g/mol. The number of rotatable bonds is 4. The van der Waals surface area contributed by atoms with E-state index in [2.05, 4.69) is 36.2 Å². The predicted molar refractivity (Wildman–Crippen MR) is 99.6 cm³/mol. The Morgan fingerprint density at radius 2 is 1.64 bits per heavy atom. The van der Waals surface area contributed by atoms with Gasteiger partial charge in [-0.2, -0.15) is 0 Å². The summed E-state index contributed by atoms with van der Waals surface area (Å²) in [5.41, 5.74) is 4.24. The maximum atomic E-state index is 12.6. The van der Waals surface area contributed by atoms with E-state index >= 15 is 0 Å². The van der Waals surface area contributed by atoms with Crippen LogP contribution in [0.4, 0.5) is 5.69 Å². The molecule has 0 aromatic heterocycles. The first kappa shape index (κ1) is 17.9. The summed E-state index contributed by atoms with van der Waals surface area (Å²) in [6, 6.07) is 4.15. The number of benzene rings is 1. The minimum Gasteiger partial charge on any atom is -0.340 e. The van der Waals surface area contributed by atoms with Crippen LogP contribution >= 0.6 is 0 Å². The van der Waals surface area contributed by atoms with Crippen molar-refractivity contribution in [2.24, 2.45) is 11.8 Å². The van der Waals surface area contributed by atoms with Gasteiger partial charge < -0.3 is 15.1 Å². The van der Waals surface area contributed by atoms with Crippen LogP contribution < -0.4 is 5.32 Å². The third-order valence-corrected chi connectivity index (χ3v) is 5.50. The van der Waals surface area contributed by atoms with Gasteiger partial charge in [-0.25, -0.2) is 0 Å². The van der Waals surface area contributed by atoms with Crippen LogP contribution in [0.15, 0.2) is 12.1 Å². The molecular weight excluding hydrogens is 314 g/mol. The van der Waals surface area contributed by atoms with Crippen LogP contribution in [0.2, 0.25) is 0 Å². The topological polar surface area (TPSA) is 52.7 Å². The van der Waals surface area contributed by atoms with E-state index in [-0.39, 0.29) is 23.7 Å². The number of aryl methyl sites for hydroxylation is 3. The molecule has 1 aromatic carbocycles. The van der Waals surface area contributed by atoms with Crippen LogP contribution in [0.5, 0.6) is 0 Å². The molecule has 1 heterocycles. The number of nitrogens with zero attached hydrogens (tertiary/aromatic N) is 2. The largest absolute Gasteiger partial charge is 0.340 e. The summed E-state index contributed by atoms with van der Waals surface area (Å²) in [6.07, 6.45) is 0.683. The Morgan fingerprint density at radius 1 is 1.04 bits per heavy atom. The maximum absolute atomic E-state index is 12.6. The third kappa shape index (κ3) is 3.87. The van der Waals surface area contributed by atoms with Crippen LogP contribution in [0, 0.1) is 32.6 Å². The number of anilines is 1. The summed E-state index contributed by atoms with van der Waals surface area (Å²) in [7, 11) is 0. The summed E-state index contributed by atoms with van der Waals surface area (Å²) in [5.74, 6) is -0.148. The van der Waals surface area contributed by atoms with Gasteiger partial charge in [-0.3, -0.25) is 9.59 Å². The lowest BCUT2D eigenvalue weighted by molar-refractivity contribution is -0.135. The highest BCUT2D eigenvalue weighted by Crippen LogP contribution is 2.41. The van der Waals surface area contributed by atoms with Crippen molar-refractivity contribution < 1.29 is 9.59 Å². The average Bonchev–Trinajstić information content (AvgIpc) is 3.38. The Bertz CT molecular complexity index is 655. The molecule has 1 saturated carbocycles. The molecule has 1 saturated heterocycles. The lowest BCUT2D eigenvalue weighted by atomic mass is 10.0. The highest BCUT2D eigenvalue weighted by Gasteiger charge is 2.49. The number of nitrogens with one attached hydrogen (secondary N) is 1. The SMILES string of the molecule is CCN1CCN(C(=O)C2CC2C(=O)Nc2c(C)cc(C)cc2C)CC1. The molecule has 0 bridgehead atoms. The number of amides is 2. The first-order chi connectivity index (χ1) is 11.9. The third-order valence-electron chi connectivity index (χ3n) is 5.50. The molecule has 3 rings (SSSR count). The van der Waals surface area contributed by atoms with E-state index < -0.39 is 0 Å². The summed E-state index contributed by atoms with van der Waals surface area (Å²) in [5, 5.41) is 3.05. The van der Waals surface area contributed by atoms with Gasteiger partial charge in [0.05, 0.1) is 11.8 Å². The molecule has 5 heteroatoms. The molecule has 1 aliphatic carbocycles. The van der Waals surface area contributed by atoms with Gasteiger partial charge in [0.15, 0.2) is 0 Å². The summed E-state index contributed by atoms with van der Waals surface area (Å²) >= 11 is 0. The fraction of sp³-hybridized carbons (Fsp3) is 0.600. The van der Waals surface area contributed by atoms with Crippen LogP contribution in [-0.2, 0) is 9.59 Å². The Hall–Kier alpha value is -1.88. The van der Waals surface area contributed by atoms with Crippen molar-refractivity contribution in [2.45, 2.75) is 34.1 Å². The summed E-state index contributed by atoms with van der Waals surface area (Å²) in [6.45, 7) is 12.7. The van der Waals surface area contributed by atoms with Crippen LogP contribution in [0.25, 0.3) is 0 Å². The molecular formula is C20H29N3O2. The van der Waals surface area contributed by atoms with Crippen molar-refractivity contribution in [3.8, 4) is 0 Å². The fourth-order valence-electron chi connectivity index (χ4n) is 3.87. The van der Waals surface area contributed by atoms with Crippen molar-refractivity contribution in [3.63, 3.8) is 0 Å². The molecule has 2 unspecified atom stereocenters. The molecule has 2 aliphatic rings. The molecule has 0 radical (unpaired) electrons. The van der Waals surface area contributed by atoms with Crippen molar-refractivity contribution in [3.05, 3.63) is 28.8 Å². The van der Waals surface area contributed by atoms with E-state index in [1.165, 1.54) is 5.56 Å². The minimum atomic E-state index is -0.170. The smallest absolute Gasteiger partial charge is 0.228 e. The molecule has 1 aromatic rings. The predicted octanol–water partition coefficient (Wildman–Crippen LogP) is 2.35. The van der Waals surface area contributed by atoms with Gasteiger partial charge in [-0.1, -0.05) is 24.6 Å². The normalized spacial score (nSPS) is 23.4. The Balaban J connectivity index is 1.57. The molecule has 5 nitrogen and oxygen atoms in total. The zero-order chi connectivity index (χ0) is 18.1. The monoisotopic (exact) mass is 343 g/mol. The second kappa shape index (κ2) is 7.16. The lowest BCUT2D eigenvalue weighted by Crippen LogP contribution is -2.49. The molecule has 0 spiro atoms. The van der Waals surface area contributed by atoms with Crippen molar-refractivity contribution in [2.75, 3.05) is 38.0 Å². The number of carbonyl (C=O) groups excluding carboxylic acids is 2. The van der Waals surface area contributed by atoms with Gasteiger partial charge in [0, 0.05) is 31.9 Å². The van der Waals surface area contributed by atoms with Gasteiger partial charge in [0.2, 0.25) is 11.8 Å². The van der Waals surface area contributed by atoms with Crippen molar-refractivity contribution >= 4 is 17.5 Å².